The molecule has 0 spiro atoms. The van der Waals surface area contributed by atoms with E-state index in [2.05, 4.69) is 0 Å². The van der Waals surface area contributed by atoms with Crippen LogP contribution in [0.25, 0.3) is 10.8 Å². The molecule has 0 unspecified atom stereocenters. The first-order valence-electron chi connectivity index (χ1n) is 7.74. The minimum absolute atomic E-state index is 0.154. The van der Waals surface area contributed by atoms with Crippen molar-refractivity contribution in [2.45, 2.75) is 13.0 Å². The summed E-state index contributed by atoms with van der Waals surface area (Å²) in [6, 6.07) is 13.4. The van der Waals surface area contributed by atoms with Crippen molar-refractivity contribution in [1.29, 1.82) is 0 Å². The van der Waals surface area contributed by atoms with Gasteiger partial charge in [-0.3, -0.25) is 0 Å². The van der Waals surface area contributed by atoms with E-state index in [9.17, 15) is 9.59 Å². The van der Waals surface area contributed by atoms with Gasteiger partial charge in [-0.15, -0.1) is 0 Å². The monoisotopic (exact) mass is 324 g/mol. The minimum atomic E-state index is -0.467. The van der Waals surface area contributed by atoms with Crippen LogP contribution in [0.4, 0.5) is 4.79 Å². The molecule has 0 fully saturated rings. The maximum absolute atomic E-state index is 12.5. The molecule has 5 nitrogen and oxygen atoms in total. The Morgan fingerprint density at radius 1 is 1.08 bits per heavy atom. The molecule has 3 rings (SSSR count). The number of hydrogen-bond acceptors (Lipinski definition) is 3. The van der Waals surface area contributed by atoms with E-state index in [0.29, 0.717) is 11.3 Å². The molecule has 1 heterocycles. The Balaban J connectivity index is 2.20. The molecule has 1 atom stereocenters. The topological polar surface area (TPSA) is 49.9 Å². The Morgan fingerprint density at radius 2 is 1.75 bits per heavy atom. The number of ether oxygens (including phenoxy) is 1. The molecular formula is C19H20N2O3. The highest BCUT2D eigenvalue weighted by Crippen LogP contribution is 2.37. The average Bonchev–Trinajstić information content (AvgIpc) is 2.61. The number of urea groups is 1. The van der Waals surface area contributed by atoms with Crippen molar-refractivity contribution in [2.24, 2.45) is 0 Å². The molecular weight excluding hydrogens is 304 g/mol. The summed E-state index contributed by atoms with van der Waals surface area (Å²) in [7, 11) is 4.72. The van der Waals surface area contributed by atoms with Gasteiger partial charge in [0.05, 0.1) is 18.7 Å². The first-order valence-corrected chi connectivity index (χ1v) is 7.74. The van der Waals surface area contributed by atoms with E-state index in [1.165, 1.54) is 12.0 Å². The third-order valence-electron chi connectivity index (χ3n) is 4.64. The largest absolute Gasteiger partial charge is 0.466 e. The Hall–Kier alpha value is -2.82. The molecule has 1 aliphatic heterocycles. The zero-order chi connectivity index (χ0) is 17.4. The number of methoxy groups -OCH3 is 1. The summed E-state index contributed by atoms with van der Waals surface area (Å²) in [5, 5.41) is 2.18. The summed E-state index contributed by atoms with van der Waals surface area (Å²) in [4.78, 5) is 27.9. The number of carbonyl (C=O) groups excluding carboxylic acids is 2. The lowest BCUT2D eigenvalue weighted by atomic mass is 9.92. The maximum atomic E-state index is 12.5. The standard InChI is InChI=1S/C19H20N2O3/c1-12-16(18(22)24-4)17(21(3)19(23)20(12)2)15-10-9-13-7-5-6-8-14(13)11-15/h5-11,17H,1-4H3/t17-/m0/s1. The Kier molecular flexibility index (Phi) is 4.01. The van der Waals surface area contributed by atoms with Crippen LogP contribution in [0.2, 0.25) is 0 Å². The molecule has 2 aromatic carbocycles. The molecule has 1 aliphatic rings. The van der Waals surface area contributed by atoms with Gasteiger partial charge in [-0.2, -0.15) is 0 Å². The van der Waals surface area contributed by atoms with Gasteiger partial charge in [-0.05, 0) is 29.3 Å². The first-order chi connectivity index (χ1) is 11.5. The molecule has 0 saturated heterocycles. The average molecular weight is 324 g/mol. The van der Waals surface area contributed by atoms with E-state index < -0.39 is 12.0 Å². The van der Waals surface area contributed by atoms with Crippen LogP contribution < -0.4 is 0 Å². The van der Waals surface area contributed by atoms with Crippen LogP contribution in [0.5, 0.6) is 0 Å². The molecule has 2 amide bonds. The summed E-state index contributed by atoms with van der Waals surface area (Å²) >= 11 is 0. The Labute approximate surface area is 141 Å². The molecule has 5 heteroatoms. The number of allylic oxidation sites excluding steroid dienone is 1. The summed E-state index contributed by atoms with van der Waals surface area (Å²) in [6.45, 7) is 1.77. The molecule has 0 N–H and O–H groups in total. The lowest BCUT2D eigenvalue weighted by Crippen LogP contribution is -2.47. The zero-order valence-electron chi connectivity index (χ0n) is 14.2. The molecule has 0 radical (unpaired) electrons. The number of nitrogens with zero attached hydrogens (tertiary/aromatic N) is 2. The SMILES string of the molecule is COC(=O)C1=C(C)N(C)C(=O)N(C)[C@H]1c1ccc2ccccc2c1. The highest BCUT2D eigenvalue weighted by Gasteiger charge is 2.38. The van der Waals surface area contributed by atoms with Gasteiger partial charge in [0.15, 0.2) is 0 Å². The number of likely N-dealkylation sites (N-methyl/N-ethyl adjacent to an activating group) is 1. The fourth-order valence-electron chi connectivity index (χ4n) is 3.20. The number of fused-ring (bicyclic) bond motifs is 1. The third kappa shape index (κ3) is 2.42. The van der Waals surface area contributed by atoms with Gasteiger partial charge in [0, 0.05) is 19.8 Å². The predicted octanol–water partition coefficient (Wildman–Crippen LogP) is 3.33. The van der Waals surface area contributed by atoms with E-state index in [4.69, 9.17) is 4.74 Å². The molecule has 0 aliphatic carbocycles. The highest BCUT2D eigenvalue weighted by molar-refractivity contribution is 5.95. The highest BCUT2D eigenvalue weighted by atomic mass is 16.5. The summed E-state index contributed by atoms with van der Waals surface area (Å²) in [6.07, 6.45) is 0. The first kappa shape index (κ1) is 16.1. The van der Waals surface area contributed by atoms with E-state index in [0.717, 1.165) is 16.3 Å². The molecule has 124 valence electrons. The van der Waals surface area contributed by atoms with Gasteiger partial charge in [0.1, 0.15) is 0 Å². The van der Waals surface area contributed by atoms with Crippen molar-refractivity contribution in [3.8, 4) is 0 Å². The van der Waals surface area contributed by atoms with Crippen molar-refractivity contribution in [2.75, 3.05) is 21.2 Å². The van der Waals surface area contributed by atoms with Crippen LogP contribution in [0.15, 0.2) is 53.7 Å². The third-order valence-corrected chi connectivity index (χ3v) is 4.64. The number of benzene rings is 2. The van der Waals surface area contributed by atoms with E-state index in [-0.39, 0.29) is 6.03 Å². The van der Waals surface area contributed by atoms with Crippen LogP contribution in [-0.2, 0) is 9.53 Å². The Morgan fingerprint density at radius 3 is 2.42 bits per heavy atom. The summed E-state index contributed by atoms with van der Waals surface area (Å²) in [5.41, 5.74) is 1.98. The van der Waals surface area contributed by atoms with Gasteiger partial charge >= 0.3 is 12.0 Å². The van der Waals surface area contributed by atoms with E-state index in [1.54, 1.807) is 25.9 Å². The molecule has 0 aromatic heterocycles. The number of carbonyl (C=O) groups is 2. The quantitative estimate of drug-likeness (QED) is 0.796. The van der Waals surface area contributed by atoms with Gasteiger partial charge < -0.3 is 14.5 Å². The summed E-state index contributed by atoms with van der Waals surface area (Å²) in [5.74, 6) is -0.420. The van der Waals surface area contributed by atoms with Gasteiger partial charge in [0.2, 0.25) is 0 Å². The van der Waals surface area contributed by atoms with Crippen molar-refractivity contribution < 1.29 is 14.3 Å². The number of rotatable bonds is 2. The van der Waals surface area contributed by atoms with Crippen LogP contribution in [0.1, 0.15) is 18.5 Å². The van der Waals surface area contributed by atoms with Crippen molar-refractivity contribution >= 4 is 22.8 Å². The zero-order valence-corrected chi connectivity index (χ0v) is 14.2. The van der Waals surface area contributed by atoms with Crippen LogP contribution in [0.3, 0.4) is 0 Å². The van der Waals surface area contributed by atoms with Crippen molar-refractivity contribution in [3.63, 3.8) is 0 Å². The van der Waals surface area contributed by atoms with Gasteiger partial charge in [-0.25, -0.2) is 9.59 Å². The molecule has 0 bridgehead atoms. The minimum Gasteiger partial charge on any atom is -0.466 e. The lowest BCUT2D eigenvalue weighted by molar-refractivity contribution is -0.137. The summed E-state index contributed by atoms with van der Waals surface area (Å²) < 4.78 is 4.97. The van der Waals surface area contributed by atoms with Gasteiger partial charge in [-0.1, -0.05) is 36.4 Å². The fraction of sp³-hybridized carbons (Fsp3) is 0.263. The number of amides is 2. The second kappa shape index (κ2) is 6.00. The number of esters is 1. The lowest BCUT2D eigenvalue weighted by Gasteiger charge is -2.39. The predicted molar refractivity (Wildman–Crippen MR) is 92.3 cm³/mol. The molecule has 24 heavy (non-hydrogen) atoms. The second-order valence-electron chi connectivity index (χ2n) is 5.95. The van der Waals surface area contributed by atoms with Crippen molar-refractivity contribution in [3.05, 3.63) is 59.3 Å². The van der Waals surface area contributed by atoms with Crippen LogP contribution in [-0.4, -0.2) is 43.0 Å². The second-order valence-corrected chi connectivity index (χ2v) is 5.95. The smallest absolute Gasteiger partial charge is 0.337 e. The van der Waals surface area contributed by atoms with E-state index >= 15 is 0 Å². The normalized spacial score (nSPS) is 18.3. The molecule has 2 aromatic rings. The Bertz CT molecular complexity index is 857. The fourth-order valence-corrected chi connectivity index (χ4v) is 3.20. The van der Waals surface area contributed by atoms with E-state index in [1.807, 2.05) is 42.5 Å². The van der Waals surface area contributed by atoms with Gasteiger partial charge in [0.25, 0.3) is 0 Å². The molecule has 0 saturated carbocycles. The maximum Gasteiger partial charge on any atom is 0.337 e. The van der Waals surface area contributed by atoms with Crippen LogP contribution in [0, 0.1) is 0 Å². The van der Waals surface area contributed by atoms with Crippen LogP contribution >= 0.6 is 0 Å². The number of hydrogen-bond donors (Lipinski definition) is 0. The van der Waals surface area contributed by atoms with Crippen molar-refractivity contribution in [1.82, 2.24) is 9.80 Å².